The van der Waals surface area contributed by atoms with Gasteiger partial charge in [-0.3, -0.25) is 4.79 Å². The van der Waals surface area contributed by atoms with Crippen LogP contribution < -0.4 is 10.6 Å². The minimum Gasteiger partial charge on any atom is -0.378 e. The molecule has 1 amide bonds. The fourth-order valence-corrected chi connectivity index (χ4v) is 3.70. The average Bonchev–Trinajstić information content (AvgIpc) is 3.15. The van der Waals surface area contributed by atoms with Gasteiger partial charge in [-0.15, -0.1) is 0 Å². The number of halogens is 4. The molecule has 1 aromatic carbocycles. The summed E-state index contributed by atoms with van der Waals surface area (Å²) in [6.07, 6.45) is -4.41. The first-order valence-electron chi connectivity index (χ1n) is 9.36. The number of nitrogens with zero attached hydrogens (tertiary/aromatic N) is 3. The third kappa shape index (κ3) is 4.50. The van der Waals surface area contributed by atoms with Crippen molar-refractivity contribution in [1.82, 2.24) is 20.2 Å². The van der Waals surface area contributed by atoms with Crippen LogP contribution in [0.1, 0.15) is 22.4 Å². The molecule has 1 unspecified atom stereocenters. The van der Waals surface area contributed by atoms with E-state index in [-0.39, 0.29) is 30.8 Å². The summed E-state index contributed by atoms with van der Waals surface area (Å²) in [6, 6.07) is 4.64. The van der Waals surface area contributed by atoms with Gasteiger partial charge in [0.25, 0.3) is 0 Å². The molecule has 0 radical (unpaired) electrons. The normalized spacial score (nSPS) is 18.9. The van der Waals surface area contributed by atoms with E-state index in [9.17, 15) is 18.0 Å². The van der Waals surface area contributed by atoms with E-state index >= 15 is 0 Å². The molecule has 2 aliphatic rings. The molecule has 7 nitrogen and oxygen atoms in total. The van der Waals surface area contributed by atoms with Gasteiger partial charge >= 0.3 is 6.18 Å². The largest absolute Gasteiger partial charge is 0.416 e. The second-order valence-electron chi connectivity index (χ2n) is 7.09. The van der Waals surface area contributed by atoms with E-state index in [1.165, 1.54) is 6.07 Å². The van der Waals surface area contributed by atoms with Crippen LogP contribution in [-0.2, 0) is 35.3 Å². The molecule has 2 aromatic rings. The number of fused-ring (bicyclic) bond motifs is 1. The molecule has 30 heavy (non-hydrogen) atoms. The Bertz CT molecular complexity index is 950. The van der Waals surface area contributed by atoms with Crippen molar-refractivity contribution < 1.29 is 22.7 Å². The third-order valence-electron chi connectivity index (χ3n) is 5.00. The van der Waals surface area contributed by atoms with Gasteiger partial charge in [0.1, 0.15) is 11.9 Å². The summed E-state index contributed by atoms with van der Waals surface area (Å²) in [4.78, 5) is 22.8. The van der Waals surface area contributed by atoms with Crippen molar-refractivity contribution in [3.63, 3.8) is 0 Å². The summed E-state index contributed by atoms with van der Waals surface area (Å²) in [5.74, 6) is 0.304. The van der Waals surface area contributed by atoms with Crippen LogP contribution in [0.4, 0.5) is 19.0 Å². The van der Waals surface area contributed by atoms with Crippen molar-refractivity contribution in [3.8, 4) is 0 Å². The highest BCUT2D eigenvalue weighted by atomic mass is 35.5. The minimum absolute atomic E-state index is 0.00807. The Hall–Kier alpha value is -2.43. The van der Waals surface area contributed by atoms with Crippen molar-refractivity contribution in [2.45, 2.75) is 31.9 Å². The van der Waals surface area contributed by atoms with Gasteiger partial charge < -0.3 is 20.3 Å². The Balaban J connectivity index is 1.49. The van der Waals surface area contributed by atoms with Gasteiger partial charge in [0, 0.05) is 18.7 Å². The maximum Gasteiger partial charge on any atom is 0.416 e. The van der Waals surface area contributed by atoms with Gasteiger partial charge in [-0.25, -0.2) is 9.97 Å². The van der Waals surface area contributed by atoms with Gasteiger partial charge in [0.15, 0.2) is 0 Å². The molecule has 3 heterocycles. The number of hydrogen-bond donors (Lipinski definition) is 2. The fraction of sp³-hybridized carbons (Fsp3) is 0.421. The van der Waals surface area contributed by atoms with E-state index in [1.54, 1.807) is 11.0 Å². The molecule has 1 aromatic heterocycles. The standard InChI is InChI=1S/C19H19ClF3N5O2/c20-18-26-14-9-28(17(29)15-10-30-5-4-24-15)8-13(14)16(27-18)25-7-11-2-1-3-12(6-11)19(21,22)23/h1-3,6,15,24H,4-5,7-10H2,(H,25,26,27). The van der Waals surface area contributed by atoms with E-state index < -0.39 is 17.8 Å². The van der Waals surface area contributed by atoms with Gasteiger partial charge in [-0.05, 0) is 29.3 Å². The van der Waals surface area contributed by atoms with Crippen molar-refractivity contribution in [2.75, 3.05) is 25.1 Å². The van der Waals surface area contributed by atoms with Crippen LogP contribution in [-0.4, -0.2) is 46.6 Å². The highest BCUT2D eigenvalue weighted by Gasteiger charge is 2.33. The molecule has 2 aliphatic heterocycles. The lowest BCUT2D eigenvalue weighted by molar-refractivity contribution is -0.138. The molecule has 11 heteroatoms. The molecule has 0 bridgehead atoms. The van der Waals surface area contributed by atoms with Gasteiger partial charge in [-0.2, -0.15) is 13.2 Å². The summed E-state index contributed by atoms with van der Waals surface area (Å²) in [5, 5.41) is 6.17. The number of carbonyl (C=O) groups is 1. The Labute approximate surface area is 175 Å². The van der Waals surface area contributed by atoms with Crippen LogP contribution in [0.3, 0.4) is 0 Å². The lowest BCUT2D eigenvalue weighted by atomic mass is 10.1. The average molecular weight is 442 g/mol. The molecule has 4 rings (SSSR count). The molecule has 2 N–H and O–H groups in total. The quantitative estimate of drug-likeness (QED) is 0.710. The summed E-state index contributed by atoms with van der Waals surface area (Å²) in [6.45, 7) is 2.16. The Morgan fingerprint density at radius 2 is 2.17 bits per heavy atom. The molecule has 0 saturated carbocycles. The fourth-order valence-electron chi connectivity index (χ4n) is 3.51. The lowest BCUT2D eigenvalue weighted by Gasteiger charge is -2.27. The predicted octanol–water partition coefficient (Wildman–Crippen LogP) is 2.59. The van der Waals surface area contributed by atoms with Gasteiger partial charge in [0.2, 0.25) is 11.2 Å². The van der Waals surface area contributed by atoms with Crippen LogP contribution in [0.2, 0.25) is 5.28 Å². The molecular weight excluding hydrogens is 423 g/mol. The van der Waals surface area contributed by atoms with Crippen LogP contribution in [0, 0.1) is 0 Å². The van der Waals surface area contributed by atoms with E-state index in [1.807, 2.05) is 0 Å². The van der Waals surface area contributed by atoms with Crippen LogP contribution in [0.25, 0.3) is 0 Å². The smallest absolute Gasteiger partial charge is 0.378 e. The number of nitrogens with one attached hydrogen (secondary N) is 2. The number of amides is 1. The topological polar surface area (TPSA) is 79.4 Å². The van der Waals surface area contributed by atoms with E-state index in [0.29, 0.717) is 42.4 Å². The highest BCUT2D eigenvalue weighted by molar-refractivity contribution is 6.28. The molecule has 1 saturated heterocycles. The van der Waals surface area contributed by atoms with E-state index in [0.717, 1.165) is 12.1 Å². The van der Waals surface area contributed by atoms with Crippen molar-refractivity contribution in [1.29, 1.82) is 0 Å². The number of ether oxygens (including phenoxy) is 1. The second kappa shape index (κ2) is 8.37. The molecule has 0 spiro atoms. The molecule has 160 valence electrons. The van der Waals surface area contributed by atoms with Crippen LogP contribution >= 0.6 is 11.6 Å². The van der Waals surface area contributed by atoms with Gasteiger partial charge in [-0.1, -0.05) is 12.1 Å². The van der Waals surface area contributed by atoms with Crippen LogP contribution in [0.15, 0.2) is 24.3 Å². The van der Waals surface area contributed by atoms with Crippen molar-refractivity contribution in [3.05, 3.63) is 51.9 Å². The number of aromatic nitrogens is 2. The summed E-state index contributed by atoms with van der Waals surface area (Å²) in [7, 11) is 0. The second-order valence-corrected chi connectivity index (χ2v) is 7.43. The third-order valence-corrected chi connectivity index (χ3v) is 5.17. The number of anilines is 1. The van der Waals surface area contributed by atoms with Crippen molar-refractivity contribution >= 4 is 23.3 Å². The first-order chi connectivity index (χ1) is 14.3. The first-order valence-corrected chi connectivity index (χ1v) is 9.74. The zero-order valence-corrected chi connectivity index (χ0v) is 16.6. The number of morpholine rings is 1. The Morgan fingerprint density at radius 3 is 2.90 bits per heavy atom. The number of rotatable bonds is 4. The monoisotopic (exact) mass is 441 g/mol. The SMILES string of the molecule is O=C(C1COCCN1)N1Cc2nc(Cl)nc(NCc3cccc(C(F)(F)F)c3)c2C1. The minimum atomic E-state index is -4.41. The summed E-state index contributed by atoms with van der Waals surface area (Å²) < 4.78 is 44.1. The molecule has 0 aliphatic carbocycles. The maximum atomic E-state index is 12.9. The van der Waals surface area contributed by atoms with Gasteiger partial charge in [0.05, 0.1) is 37.6 Å². The predicted molar refractivity (Wildman–Crippen MR) is 103 cm³/mol. The van der Waals surface area contributed by atoms with E-state index in [2.05, 4.69) is 20.6 Å². The number of alkyl halides is 3. The zero-order valence-electron chi connectivity index (χ0n) is 15.8. The summed E-state index contributed by atoms with van der Waals surface area (Å²) >= 11 is 6.02. The lowest BCUT2D eigenvalue weighted by Crippen LogP contribution is -2.51. The molecule has 1 fully saturated rings. The Morgan fingerprint density at radius 1 is 1.33 bits per heavy atom. The van der Waals surface area contributed by atoms with Crippen LogP contribution in [0.5, 0.6) is 0 Å². The number of benzene rings is 1. The highest BCUT2D eigenvalue weighted by Crippen LogP contribution is 2.31. The first kappa shape index (κ1) is 20.8. The van der Waals surface area contributed by atoms with E-state index in [4.69, 9.17) is 16.3 Å². The number of hydrogen-bond acceptors (Lipinski definition) is 6. The Kier molecular flexibility index (Phi) is 5.81. The zero-order chi connectivity index (χ0) is 21.3. The number of carbonyl (C=O) groups excluding carboxylic acids is 1. The maximum absolute atomic E-state index is 12.9. The molecular formula is C19H19ClF3N5O2. The summed E-state index contributed by atoms with van der Waals surface area (Å²) in [5.41, 5.74) is 1.05. The molecule has 1 atom stereocenters. The van der Waals surface area contributed by atoms with Crippen molar-refractivity contribution in [2.24, 2.45) is 0 Å².